The average molecular weight is 472 g/mol. The van der Waals surface area contributed by atoms with Gasteiger partial charge in [-0.15, -0.1) is 10.2 Å². The normalized spacial score (nSPS) is 22.4. The number of aromatic nitrogens is 6. The number of hydrogen-bond donors (Lipinski definition) is 2. The Hall–Kier alpha value is -4.20. The van der Waals surface area contributed by atoms with E-state index in [1.165, 1.54) is 0 Å². The molecule has 6 rings (SSSR count). The van der Waals surface area contributed by atoms with Gasteiger partial charge >= 0.3 is 0 Å². The van der Waals surface area contributed by atoms with Crippen molar-refractivity contribution in [2.45, 2.75) is 44.2 Å². The van der Waals surface area contributed by atoms with Gasteiger partial charge < -0.3 is 15.4 Å². The van der Waals surface area contributed by atoms with Crippen LogP contribution in [0.2, 0.25) is 0 Å². The first-order chi connectivity index (χ1) is 16.8. The Morgan fingerprint density at radius 2 is 2.09 bits per heavy atom. The van der Waals surface area contributed by atoms with Crippen LogP contribution < -0.4 is 15.4 Å². The van der Waals surface area contributed by atoms with Crippen LogP contribution in [-0.2, 0) is 11.8 Å². The summed E-state index contributed by atoms with van der Waals surface area (Å²) in [6, 6.07) is 10.2. The number of nitrogens with one attached hydrogen (secondary N) is 2. The van der Waals surface area contributed by atoms with Gasteiger partial charge in [-0.2, -0.15) is 10.2 Å². The molecule has 2 aliphatic rings. The highest BCUT2D eigenvalue weighted by molar-refractivity contribution is 5.90. The van der Waals surface area contributed by atoms with Crippen LogP contribution in [0.4, 0.5) is 5.95 Å². The van der Waals surface area contributed by atoms with Gasteiger partial charge in [0, 0.05) is 30.4 Å². The van der Waals surface area contributed by atoms with Gasteiger partial charge in [0.1, 0.15) is 16.4 Å². The third kappa shape index (κ3) is 3.44. The molecule has 0 bridgehead atoms. The van der Waals surface area contributed by atoms with Crippen molar-refractivity contribution in [1.29, 1.82) is 5.26 Å². The lowest BCUT2D eigenvalue weighted by Crippen LogP contribution is -2.60. The number of aryl methyl sites for hydroxylation is 1. The van der Waals surface area contributed by atoms with Crippen molar-refractivity contribution in [3.8, 4) is 23.1 Å². The number of nitriles is 1. The molecule has 0 unspecified atom stereocenters. The number of methoxy groups -OCH3 is 1. The Morgan fingerprint density at radius 3 is 2.80 bits per heavy atom. The number of fused-ring (bicyclic) bond motifs is 2. The van der Waals surface area contributed by atoms with Crippen molar-refractivity contribution in [1.82, 2.24) is 34.9 Å². The van der Waals surface area contributed by atoms with Crippen LogP contribution in [0.25, 0.3) is 27.7 Å². The number of nitrogens with zero attached hydrogens (tertiary/aromatic N) is 7. The van der Waals surface area contributed by atoms with E-state index in [0.29, 0.717) is 24.7 Å². The third-order valence-electron chi connectivity index (χ3n) is 7.14. The quantitative estimate of drug-likeness (QED) is 0.438. The van der Waals surface area contributed by atoms with E-state index in [9.17, 15) is 10.1 Å². The number of carbonyl (C=O) groups excluding carboxylic acids is 1. The van der Waals surface area contributed by atoms with Gasteiger partial charge in [0.2, 0.25) is 17.7 Å². The maximum Gasteiger partial charge on any atom is 0.244 e. The van der Waals surface area contributed by atoms with Gasteiger partial charge in [-0.05, 0) is 56.4 Å². The SMILES string of the molecule is COc1nc(NC2CC(C)(NC(=O)C3(C#N)CC3)C2)nn2ccc(-c3ccc4nnn(C)c4c3)c12. The van der Waals surface area contributed by atoms with Crippen molar-refractivity contribution in [3.05, 3.63) is 30.5 Å². The van der Waals surface area contributed by atoms with Crippen LogP contribution in [0.5, 0.6) is 5.88 Å². The molecular weight excluding hydrogens is 446 g/mol. The maximum absolute atomic E-state index is 12.4. The molecule has 3 aromatic heterocycles. The van der Waals surface area contributed by atoms with Gasteiger partial charge in [0.05, 0.1) is 18.7 Å². The molecule has 35 heavy (non-hydrogen) atoms. The second-order valence-corrected chi connectivity index (χ2v) is 9.84. The summed E-state index contributed by atoms with van der Waals surface area (Å²) in [4.78, 5) is 17.1. The highest BCUT2D eigenvalue weighted by Crippen LogP contribution is 2.46. The Morgan fingerprint density at radius 1 is 1.29 bits per heavy atom. The summed E-state index contributed by atoms with van der Waals surface area (Å²) in [5.74, 6) is 0.767. The predicted molar refractivity (Wildman–Crippen MR) is 128 cm³/mol. The first-order valence-electron chi connectivity index (χ1n) is 11.6. The van der Waals surface area contributed by atoms with Crippen LogP contribution in [0, 0.1) is 16.7 Å². The molecule has 0 aliphatic heterocycles. The molecular formula is C24H25N9O2. The summed E-state index contributed by atoms with van der Waals surface area (Å²) in [5, 5.41) is 28.6. The highest BCUT2D eigenvalue weighted by Gasteiger charge is 2.53. The molecule has 2 fully saturated rings. The Bertz CT molecular complexity index is 1520. The monoisotopic (exact) mass is 471 g/mol. The standard InChI is InChI=1S/C24H25N9O2/c1-23(28-21(34)24(13-25)7-8-24)11-15(12-23)26-22-27-20(35-3)19-16(6-9-33(19)30-22)14-4-5-17-18(10-14)32(2)31-29-17/h4-6,9-10,15H,7-8,11-12H2,1-3H3,(H,26,30)(H,28,34). The van der Waals surface area contributed by atoms with Crippen LogP contribution in [0.1, 0.15) is 32.6 Å². The zero-order valence-electron chi connectivity index (χ0n) is 19.7. The fraction of sp³-hybridized carbons (Fsp3) is 0.417. The van der Waals surface area contributed by atoms with E-state index in [1.807, 2.05) is 44.4 Å². The first-order valence-corrected chi connectivity index (χ1v) is 11.6. The van der Waals surface area contributed by atoms with E-state index in [-0.39, 0.29) is 17.5 Å². The first kappa shape index (κ1) is 21.3. The summed E-state index contributed by atoms with van der Waals surface area (Å²) in [5.41, 5.74) is 3.32. The molecule has 2 N–H and O–H groups in total. The van der Waals surface area contributed by atoms with E-state index in [0.717, 1.165) is 40.5 Å². The Labute approximate surface area is 201 Å². The summed E-state index contributed by atoms with van der Waals surface area (Å²) in [6.45, 7) is 2.01. The molecule has 2 aliphatic carbocycles. The molecule has 3 heterocycles. The minimum Gasteiger partial charge on any atom is -0.479 e. The Balaban J connectivity index is 1.22. The topological polar surface area (TPSA) is 135 Å². The zero-order chi connectivity index (χ0) is 24.4. The summed E-state index contributed by atoms with van der Waals surface area (Å²) >= 11 is 0. The third-order valence-corrected chi connectivity index (χ3v) is 7.14. The molecule has 0 radical (unpaired) electrons. The van der Waals surface area contributed by atoms with Crippen molar-refractivity contribution in [2.75, 3.05) is 12.4 Å². The van der Waals surface area contributed by atoms with Gasteiger partial charge in [-0.25, -0.2) is 9.20 Å². The smallest absolute Gasteiger partial charge is 0.244 e. The van der Waals surface area contributed by atoms with E-state index in [1.54, 1.807) is 16.3 Å². The lowest BCUT2D eigenvalue weighted by atomic mass is 9.73. The molecule has 1 aromatic carbocycles. The lowest BCUT2D eigenvalue weighted by Gasteiger charge is -2.46. The Kier molecular flexibility index (Phi) is 4.51. The number of ether oxygens (including phenoxy) is 1. The summed E-state index contributed by atoms with van der Waals surface area (Å²) < 4.78 is 9.14. The lowest BCUT2D eigenvalue weighted by molar-refractivity contribution is -0.127. The fourth-order valence-corrected chi connectivity index (χ4v) is 4.95. The largest absolute Gasteiger partial charge is 0.479 e. The number of carbonyl (C=O) groups is 1. The molecule has 0 spiro atoms. The molecule has 11 heteroatoms. The van der Waals surface area contributed by atoms with Gasteiger partial charge in [-0.3, -0.25) is 4.79 Å². The predicted octanol–water partition coefficient (Wildman–Crippen LogP) is 2.44. The van der Waals surface area contributed by atoms with Crippen LogP contribution in [-0.4, -0.2) is 54.2 Å². The van der Waals surface area contributed by atoms with E-state index in [4.69, 9.17) is 4.74 Å². The number of anilines is 1. The molecule has 0 saturated heterocycles. The maximum atomic E-state index is 12.4. The van der Waals surface area contributed by atoms with Gasteiger partial charge in [-0.1, -0.05) is 11.3 Å². The van der Waals surface area contributed by atoms with Crippen molar-refractivity contribution < 1.29 is 9.53 Å². The number of benzene rings is 1. The zero-order valence-corrected chi connectivity index (χ0v) is 19.7. The molecule has 178 valence electrons. The molecule has 0 atom stereocenters. The van der Waals surface area contributed by atoms with Gasteiger partial charge in [0.25, 0.3) is 0 Å². The molecule has 1 amide bonds. The van der Waals surface area contributed by atoms with Crippen LogP contribution >= 0.6 is 0 Å². The molecule has 2 saturated carbocycles. The van der Waals surface area contributed by atoms with Gasteiger partial charge in [0.15, 0.2) is 0 Å². The number of rotatable bonds is 6. The van der Waals surface area contributed by atoms with E-state index in [2.05, 4.69) is 37.1 Å². The van der Waals surface area contributed by atoms with E-state index < -0.39 is 5.41 Å². The van der Waals surface area contributed by atoms with Crippen LogP contribution in [0.3, 0.4) is 0 Å². The van der Waals surface area contributed by atoms with E-state index >= 15 is 0 Å². The van der Waals surface area contributed by atoms with Crippen molar-refractivity contribution >= 4 is 28.4 Å². The number of amides is 1. The van der Waals surface area contributed by atoms with Crippen molar-refractivity contribution in [2.24, 2.45) is 12.5 Å². The summed E-state index contributed by atoms with van der Waals surface area (Å²) in [7, 11) is 3.46. The minimum atomic E-state index is -0.813. The molecule has 11 nitrogen and oxygen atoms in total. The molecule has 4 aromatic rings. The average Bonchev–Trinajstić information content (AvgIpc) is 3.40. The second kappa shape index (κ2) is 7.40. The minimum absolute atomic E-state index is 0.106. The fourth-order valence-electron chi connectivity index (χ4n) is 4.95. The van der Waals surface area contributed by atoms with Crippen molar-refractivity contribution in [3.63, 3.8) is 0 Å². The summed E-state index contributed by atoms with van der Waals surface area (Å²) in [6.07, 6.45) is 4.62. The van der Waals surface area contributed by atoms with Crippen LogP contribution in [0.15, 0.2) is 30.5 Å². The highest BCUT2D eigenvalue weighted by atomic mass is 16.5. The second-order valence-electron chi connectivity index (χ2n) is 9.84. The number of hydrogen-bond acceptors (Lipinski definition) is 8.